The minimum atomic E-state index is -0.0465. The van der Waals surface area contributed by atoms with Gasteiger partial charge in [0.15, 0.2) is 0 Å². The van der Waals surface area contributed by atoms with Gasteiger partial charge in [0.1, 0.15) is 4.83 Å². The molecule has 0 saturated carbocycles. The van der Waals surface area contributed by atoms with Crippen molar-refractivity contribution in [3.8, 4) is 0 Å². The molecule has 0 saturated heterocycles. The summed E-state index contributed by atoms with van der Waals surface area (Å²) in [5, 5.41) is 3.64. The summed E-state index contributed by atoms with van der Waals surface area (Å²) in [5.41, 5.74) is 0.952. The third-order valence-electron chi connectivity index (χ3n) is 4.77. The molecule has 2 heterocycles. The molecule has 26 heavy (non-hydrogen) atoms. The Bertz CT molecular complexity index is 792. The van der Waals surface area contributed by atoms with Crippen LogP contribution in [-0.2, 0) is 11.3 Å². The molecule has 6 heteroatoms. The zero-order valence-electron chi connectivity index (χ0n) is 16.4. The molecule has 2 aromatic heterocycles. The second-order valence-corrected chi connectivity index (χ2v) is 8.61. The second-order valence-electron chi connectivity index (χ2n) is 7.40. The lowest BCUT2D eigenvalue weighted by Gasteiger charge is -2.08. The Morgan fingerprint density at radius 2 is 1.96 bits per heavy atom. The van der Waals surface area contributed by atoms with Crippen LogP contribution >= 0.6 is 11.3 Å². The number of aryl methyl sites for hydroxylation is 3. The third kappa shape index (κ3) is 5.66. The second kappa shape index (κ2) is 9.86. The molecule has 0 aromatic carbocycles. The van der Waals surface area contributed by atoms with Crippen LogP contribution in [-0.4, -0.2) is 22.0 Å². The highest BCUT2D eigenvalue weighted by Gasteiger charge is 2.12. The zero-order chi connectivity index (χ0) is 19.1. The van der Waals surface area contributed by atoms with Crippen molar-refractivity contribution in [1.29, 1.82) is 0 Å². The first-order chi connectivity index (χ1) is 12.4. The summed E-state index contributed by atoms with van der Waals surface area (Å²) in [6.45, 7) is 9.54. The number of hydrogen-bond donors (Lipinski definition) is 1. The van der Waals surface area contributed by atoms with E-state index in [0.717, 1.165) is 40.6 Å². The molecular formula is C20H31N3O2S. The van der Waals surface area contributed by atoms with E-state index in [-0.39, 0.29) is 11.5 Å². The number of aromatic nitrogens is 2. The van der Waals surface area contributed by atoms with E-state index < -0.39 is 0 Å². The summed E-state index contributed by atoms with van der Waals surface area (Å²) in [6.07, 6.45) is 7.82. The molecule has 1 N–H and O–H groups in total. The molecule has 0 spiro atoms. The first-order valence-electron chi connectivity index (χ1n) is 9.62. The Labute approximate surface area is 159 Å². The lowest BCUT2D eigenvalue weighted by molar-refractivity contribution is -0.121. The van der Waals surface area contributed by atoms with Gasteiger partial charge >= 0.3 is 0 Å². The first-order valence-corrected chi connectivity index (χ1v) is 10.4. The summed E-state index contributed by atoms with van der Waals surface area (Å²) in [5.74, 6) is 0.769. The predicted octanol–water partition coefficient (Wildman–Crippen LogP) is 4.19. The van der Waals surface area contributed by atoms with Gasteiger partial charge in [0.2, 0.25) is 5.91 Å². The number of rotatable bonds is 10. The number of carbonyl (C=O) groups is 1. The molecule has 144 valence electrons. The smallest absolute Gasteiger partial charge is 0.262 e. The summed E-state index contributed by atoms with van der Waals surface area (Å²) in [4.78, 5) is 30.8. The molecule has 0 atom stereocenters. The van der Waals surface area contributed by atoms with Gasteiger partial charge in [0, 0.05) is 24.4 Å². The van der Waals surface area contributed by atoms with Crippen LogP contribution in [0.3, 0.4) is 0 Å². The third-order valence-corrected chi connectivity index (χ3v) is 5.88. The maximum Gasteiger partial charge on any atom is 0.262 e. The van der Waals surface area contributed by atoms with Crippen LogP contribution in [0.4, 0.5) is 0 Å². The number of fused-ring (bicyclic) bond motifs is 1. The Hall–Kier alpha value is -1.69. The highest BCUT2D eigenvalue weighted by atomic mass is 32.1. The number of unbranched alkanes of at least 4 members (excludes halogenated alkanes) is 3. The van der Waals surface area contributed by atoms with Gasteiger partial charge in [-0.15, -0.1) is 11.3 Å². The molecule has 5 nitrogen and oxygen atoms in total. The maximum absolute atomic E-state index is 12.6. The predicted molar refractivity (Wildman–Crippen MR) is 109 cm³/mol. The van der Waals surface area contributed by atoms with Crippen molar-refractivity contribution in [2.75, 3.05) is 6.54 Å². The number of carbonyl (C=O) groups excluding carboxylic acids is 1. The highest BCUT2D eigenvalue weighted by Crippen LogP contribution is 2.25. The number of thiophene rings is 1. The van der Waals surface area contributed by atoms with E-state index in [1.54, 1.807) is 22.2 Å². The molecular weight excluding hydrogens is 346 g/mol. The van der Waals surface area contributed by atoms with Crippen molar-refractivity contribution < 1.29 is 4.79 Å². The Balaban J connectivity index is 1.74. The van der Waals surface area contributed by atoms with Crippen LogP contribution in [0.15, 0.2) is 11.1 Å². The minimum Gasteiger partial charge on any atom is -0.356 e. The highest BCUT2D eigenvalue weighted by molar-refractivity contribution is 7.18. The van der Waals surface area contributed by atoms with E-state index >= 15 is 0 Å². The van der Waals surface area contributed by atoms with Crippen molar-refractivity contribution in [2.24, 2.45) is 5.92 Å². The zero-order valence-corrected chi connectivity index (χ0v) is 17.2. The van der Waals surface area contributed by atoms with Gasteiger partial charge in [-0.1, -0.05) is 39.5 Å². The lowest BCUT2D eigenvalue weighted by atomic mass is 10.0. The lowest BCUT2D eigenvalue weighted by Crippen LogP contribution is -2.28. The topological polar surface area (TPSA) is 64.0 Å². The Morgan fingerprint density at radius 3 is 2.69 bits per heavy atom. The van der Waals surface area contributed by atoms with Gasteiger partial charge in [-0.25, -0.2) is 4.98 Å². The number of nitrogens with one attached hydrogen (secondary N) is 1. The van der Waals surface area contributed by atoms with E-state index in [1.807, 2.05) is 13.8 Å². The SMILES string of the molecule is Cc1sc2ncn(CCC(=O)NCCCCCCC(C)C)c(=O)c2c1C. The average molecular weight is 378 g/mol. The summed E-state index contributed by atoms with van der Waals surface area (Å²) < 4.78 is 1.55. The van der Waals surface area contributed by atoms with E-state index in [2.05, 4.69) is 24.1 Å². The minimum absolute atomic E-state index is 0.00241. The fourth-order valence-electron chi connectivity index (χ4n) is 3.00. The number of nitrogens with zero attached hydrogens (tertiary/aromatic N) is 2. The van der Waals surface area contributed by atoms with Gasteiger partial charge in [0.25, 0.3) is 5.56 Å². The standard InChI is InChI=1S/C20H31N3O2S/c1-14(2)9-7-5-6-8-11-21-17(24)10-12-23-13-22-19-18(20(23)25)15(3)16(4)26-19/h13-14H,5-12H2,1-4H3,(H,21,24). The number of hydrogen-bond acceptors (Lipinski definition) is 4. The fourth-order valence-corrected chi connectivity index (χ4v) is 3.99. The molecule has 0 radical (unpaired) electrons. The van der Waals surface area contributed by atoms with Crippen molar-refractivity contribution in [1.82, 2.24) is 14.9 Å². The molecule has 0 unspecified atom stereocenters. The van der Waals surface area contributed by atoms with Gasteiger partial charge in [0.05, 0.1) is 11.7 Å². The molecule has 0 fully saturated rings. The van der Waals surface area contributed by atoms with E-state index in [1.165, 1.54) is 19.3 Å². The quantitative estimate of drug-likeness (QED) is 0.632. The monoisotopic (exact) mass is 377 g/mol. The van der Waals surface area contributed by atoms with Crippen LogP contribution in [0.2, 0.25) is 0 Å². The summed E-state index contributed by atoms with van der Waals surface area (Å²) >= 11 is 1.54. The molecule has 0 bridgehead atoms. The Morgan fingerprint density at radius 1 is 1.23 bits per heavy atom. The van der Waals surface area contributed by atoms with Crippen LogP contribution < -0.4 is 10.9 Å². The van der Waals surface area contributed by atoms with Crippen LogP contribution in [0, 0.1) is 19.8 Å². The Kier molecular flexibility index (Phi) is 7.82. The van der Waals surface area contributed by atoms with Crippen LogP contribution in [0.25, 0.3) is 10.2 Å². The van der Waals surface area contributed by atoms with Crippen molar-refractivity contribution in [3.63, 3.8) is 0 Å². The van der Waals surface area contributed by atoms with Crippen LogP contribution in [0.1, 0.15) is 62.8 Å². The molecule has 0 aliphatic rings. The molecule has 1 amide bonds. The van der Waals surface area contributed by atoms with E-state index in [4.69, 9.17) is 0 Å². The molecule has 2 aromatic rings. The van der Waals surface area contributed by atoms with Gasteiger partial charge in [-0.05, 0) is 31.7 Å². The summed E-state index contributed by atoms with van der Waals surface area (Å²) in [7, 11) is 0. The van der Waals surface area contributed by atoms with E-state index in [9.17, 15) is 9.59 Å². The van der Waals surface area contributed by atoms with Crippen molar-refractivity contribution in [2.45, 2.75) is 72.8 Å². The fraction of sp³-hybridized carbons (Fsp3) is 0.650. The van der Waals surface area contributed by atoms with Gasteiger partial charge in [-0.3, -0.25) is 14.2 Å². The van der Waals surface area contributed by atoms with Crippen molar-refractivity contribution in [3.05, 3.63) is 27.1 Å². The largest absolute Gasteiger partial charge is 0.356 e. The first kappa shape index (κ1) is 20.6. The number of amides is 1. The summed E-state index contributed by atoms with van der Waals surface area (Å²) in [6, 6.07) is 0. The normalized spacial score (nSPS) is 11.4. The van der Waals surface area contributed by atoms with Crippen molar-refractivity contribution >= 4 is 27.5 Å². The van der Waals surface area contributed by atoms with E-state index in [0.29, 0.717) is 18.4 Å². The average Bonchev–Trinajstić information content (AvgIpc) is 2.88. The molecule has 2 rings (SSSR count). The molecule has 0 aliphatic heterocycles. The van der Waals surface area contributed by atoms with Gasteiger partial charge in [-0.2, -0.15) is 0 Å². The molecule has 0 aliphatic carbocycles. The van der Waals surface area contributed by atoms with Gasteiger partial charge < -0.3 is 5.32 Å². The maximum atomic E-state index is 12.6. The van der Waals surface area contributed by atoms with Crippen LogP contribution in [0.5, 0.6) is 0 Å².